The van der Waals surface area contributed by atoms with E-state index in [2.05, 4.69) is 173 Å². The van der Waals surface area contributed by atoms with Gasteiger partial charge >= 0.3 is 0 Å². The number of imidazole rings is 1. The molecular weight excluding hydrogens is 609 g/mol. The number of para-hydroxylation sites is 3. The SMILES string of the molecule is CC1(C)c2ccccc2-c2c1c1c3ccccc3n(-c3cccc(-c4cn5ccccc5n4)c3)c1c1c3ccccc3n(-c3ccccc3)c21. The zero-order chi connectivity index (χ0) is 33.1. The van der Waals surface area contributed by atoms with Crippen molar-refractivity contribution in [2.75, 3.05) is 0 Å². The number of hydrogen-bond donors (Lipinski definition) is 0. The van der Waals surface area contributed by atoms with Crippen LogP contribution < -0.4 is 0 Å². The van der Waals surface area contributed by atoms with Crippen molar-refractivity contribution in [3.05, 3.63) is 169 Å². The van der Waals surface area contributed by atoms with Gasteiger partial charge in [0.1, 0.15) is 5.65 Å². The van der Waals surface area contributed by atoms with Crippen molar-refractivity contribution in [1.29, 1.82) is 0 Å². The monoisotopic (exact) mass is 640 g/mol. The number of hydrogen-bond acceptors (Lipinski definition) is 1. The summed E-state index contributed by atoms with van der Waals surface area (Å²) in [5, 5.41) is 5.14. The molecule has 0 atom stereocenters. The lowest BCUT2D eigenvalue weighted by atomic mass is 9.80. The topological polar surface area (TPSA) is 27.2 Å². The van der Waals surface area contributed by atoms with Crippen molar-refractivity contribution in [3.8, 4) is 33.8 Å². The van der Waals surface area contributed by atoms with Crippen molar-refractivity contribution >= 4 is 49.3 Å². The van der Waals surface area contributed by atoms with E-state index in [1.165, 1.54) is 71.6 Å². The third-order valence-corrected chi connectivity index (χ3v) is 11.0. The second-order valence-electron chi connectivity index (χ2n) is 14.1. The molecule has 0 radical (unpaired) electrons. The van der Waals surface area contributed by atoms with Crippen molar-refractivity contribution in [2.24, 2.45) is 0 Å². The van der Waals surface area contributed by atoms with Crippen LogP contribution in [0.15, 0.2) is 158 Å². The summed E-state index contributed by atoms with van der Waals surface area (Å²) in [6.45, 7) is 4.82. The molecule has 6 aromatic carbocycles. The Morgan fingerprint density at radius 1 is 0.560 bits per heavy atom. The molecule has 4 heterocycles. The lowest BCUT2D eigenvalue weighted by Gasteiger charge is -2.23. The molecule has 4 aromatic heterocycles. The van der Waals surface area contributed by atoms with Gasteiger partial charge in [-0.15, -0.1) is 0 Å². The van der Waals surface area contributed by atoms with Gasteiger partial charge in [0.15, 0.2) is 0 Å². The van der Waals surface area contributed by atoms with Crippen molar-refractivity contribution in [1.82, 2.24) is 18.5 Å². The van der Waals surface area contributed by atoms with Crippen molar-refractivity contribution in [3.63, 3.8) is 0 Å². The maximum absolute atomic E-state index is 5.00. The van der Waals surface area contributed by atoms with Gasteiger partial charge < -0.3 is 13.5 Å². The fraction of sp³-hybridized carbons (Fsp3) is 0.0652. The Balaban J connectivity index is 1.37. The molecule has 236 valence electrons. The van der Waals surface area contributed by atoms with Crippen LogP contribution in [0.2, 0.25) is 0 Å². The zero-order valence-corrected chi connectivity index (χ0v) is 27.8. The van der Waals surface area contributed by atoms with Gasteiger partial charge in [-0.25, -0.2) is 4.98 Å². The minimum Gasteiger partial charge on any atom is -0.309 e. The van der Waals surface area contributed by atoms with Crippen LogP contribution in [0.1, 0.15) is 25.0 Å². The minimum atomic E-state index is -0.219. The molecule has 11 rings (SSSR count). The standard InChI is InChI=1S/C46H32N4/c1-46(2)35-22-9-6-19-32(35)40-43(46)41-33-20-7-10-23-37(33)50(31-18-14-15-29(27-31)36-28-48-26-13-12-25-39(48)47-36)45(41)42-34-21-8-11-24-38(34)49(44(40)42)30-16-4-3-5-17-30/h3-28H,1-2H3. The van der Waals surface area contributed by atoms with Crippen LogP contribution >= 0.6 is 0 Å². The number of nitrogens with zero attached hydrogens (tertiary/aromatic N) is 4. The fourth-order valence-electron chi connectivity index (χ4n) is 8.95. The Morgan fingerprint density at radius 3 is 2.02 bits per heavy atom. The highest BCUT2D eigenvalue weighted by Gasteiger charge is 2.41. The molecule has 1 aliphatic carbocycles. The molecule has 4 heteroatoms. The first kappa shape index (κ1) is 27.5. The zero-order valence-electron chi connectivity index (χ0n) is 27.8. The van der Waals surface area contributed by atoms with Gasteiger partial charge in [-0.3, -0.25) is 0 Å². The van der Waals surface area contributed by atoms with E-state index in [0.29, 0.717) is 0 Å². The second-order valence-corrected chi connectivity index (χ2v) is 14.1. The van der Waals surface area contributed by atoms with E-state index < -0.39 is 0 Å². The minimum absolute atomic E-state index is 0.219. The van der Waals surface area contributed by atoms with E-state index >= 15 is 0 Å². The molecule has 0 unspecified atom stereocenters. The van der Waals surface area contributed by atoms with Gasteiger partial charge in [-0.05, 0) is 65.2 Å². The Kier molecular flexibility index (Phi) is 5.42. The summed E-state index contributed by atoms with van der Waals surface area (Å²) in [6.07, 6.45) is 4.18. The van der Waals surface area contributed by atoms with Crippen LogP contribution in [0.3, 0.4) is 0 Å². The van der Waals surface area contributed by atoms with E-state index in [9.17, 15) is 0 Å². The van der Waals surface area contributed by atoms with E-state index in [-0.39, 0.29) is 5.41 Å². The van der Waals surface area contributed by atoms with E-state index in [0.717, 1.165) is 22.6 Å². The smallest absolute Gasteiger partial charge is 0.137 e. The Labute approximate surface area is 289 Å². The highest BCUT2D eigenvalue weighted by molar-refractivity contribution is 6.31. The summed E-state index contributed by atoms with van der Waals surface area (Å²) >= 11 is 0. The highest BCUT2D eigenvalue weighted by Crippen LogP contribution is 2.58. The molecule has 10 aromatic rings. The van der Waals surface area contributed by atoms with Crippen LogP contribution in [0.5, 0.6) is 0 Å². The van der Waals surface area contributed by atoms with Crippen LogP contribution in [0.4, 0.5) is 0 Å². The first-order chi connectivity index (χ1) is 24.6. The maximum Gasteiger partial charge on any atom is 0.137 e. The largest absolute Gasteiger partial charge is 0.309 e. The van der Waals surface area contributed by atoms with Crippen molar-refractivity contribution in [2.45, 2.75) is 19.3 Å². The molecule has 0 saturated carbocycles. The first-order valence-corrected chi connectivity index (χ1v) is 17.3. The third-order valence-electron chi connectivity index (χ3n) is 11.0. The molecule has 0 amide bonds. The molecule has 0 fully saturated rings. The Morgan fingerprint density at radius 2 is 1.22 bits per heavy atom. The number of rotatable bonds is 3. The van der Waals surface area contributed by atoms with Crippen molar-refractivity contribution < 1.29 is 0 Å². The predicted molar refractivity (Wildman–Crippen MR) is 207 cm³/mol. The van der Waals surface area contributed by atoms with Gasteiger partial charge in [0, 0.05) is 61.9 Å². The molecule has 0 N–H and O–H groups in total. The second kappa shape index (κ2) is 9.83. The normalized spacial score (nSPS) is 13.6. The third kappa shape index (κ3) is 3.52. The van der Waals surface area contributed by atoms with Gasteiger partial charge in [-0.1, -0.05) is 111 Å². The quantitative estimate of drug-likeness (QED) is 0.189. The van der Waals surface area contributed by atoms with E-state index in [4.69, 9.17) is 4.98 Å². The van der Waals surface area contributed by atoms with Gasteiger partial charge in [-0.2, -0.15) is 0 Å². The van der Waals surface area contributed by atoms with Gasteiger partial charge in [0.2, 0.25) is 0 Å². The fourth-order valence-corrected chi connectivity index (χ4v) is 8.95. The summed E-state index contributed by atoms with van der Waals surface area (Å²) in [6, 6.07) is 52.9. The average molecular weight is 641 g/mol. The lowest BCUT2D eigenvalue weighted by molar-refractivity contribution is 0.667. The first-order valence-electron chi connectivity index (χ1n) is 17.3. The van der Waals surface area contributed by atoms with Crippen LogP contribution in [-0.2, 0) is 5.41 Å². The number of benzene rings is 6. The molecule has 1 aliphatic rings. The maximum atomic E-state index is 5.00. The van der Waals surface area contributed by atoms with Crippen LogP contribution in [0, 0.1) is 0 Å². The van der Waals surface area contributed by atoms with E-state index in [1.54, 1.807) is 0 Å². The predicted octanol–water partition coefficient (Wildman–Crippen LogP) is 11.5. The number of fused-ring (bicyclic) bond motifs is 13. The average Bonchev–Trinajstić information content (AvgIpc) is 3.90. The number of pyridine rings is 1. The van der Waals surface area contributed by atoms with Crippen LogP contribution in [0.25, 0.3) is 83.0 Å². The molecule has 0 aliphatic heterocycles. The Hall–Kier alpha value is -6.39. The van der Waals surface area contributed by atoms with E-state index in [1.807, 2.05) is 12.1 Å². The molecule has 0 saturated heterocycles. The Bertz CT molecular complexity index is 2970. The van der Waals surface area contributed by atoms with Crippen LogP contribution in [-0.4, -0.2) is 18.5 Å². The summed E-state index contributed by atoms with van der Waals surface area (Å²) in [4.78, 5) is 5.00. The summed E-state index contributed by atoms with van der Waals surface area (Å²) in [5.74, 6) is 0. The molecule has 50 heavy (non-hydrogen) atoms. The molecule has 4 nitrogen and oxygen atoms in total. The molecular formula is C46H32N4. The number of aromatic nitrogens is 4. The van der Waals surface area contributed by atoms with Gasteiger partial charge in [0.05, 0.1) is 27.8 Å². The van der Waals surface area contributed by atoms with Gasteiger partial charge in [0.25, 0.3) is 0 Å². The lowest BCUT2D eigenvalue weighted by Crippen LogP contribution is -2.15. The summed E-state index contributed by atoms with van der Waals surface area (Å²) in [7, 11) is 0. The summed E-state index contributed by atoms with van der Waals surface area (Å²) in [5.41, 5.74) is 15.4. The molecule has 0 spiro atoms. The summed E-state index contributed by atoms with van der Waals surface area (Å²) < 4.78 is 7.12. The highest BCUT2D eigenvalue weighted by atomic mass is 15.0. The molecule has 0 bridgehead atoms.